The van der Waals surface area contributed by atoms with Gasteiger partial charge < -0.3 is 5.32 Å². The maximum absolute atomic E-state index is 13.2. The Morgan fingerprint density at radius 3 is 2.86 bits per heavy atom. The molecule has 0 saturated carbocycles. The summed E-state index contributed by atoms with van der Waals surface area (Å²) in [6, 6.07) is 5.09. The fraction of sp³-hybridized carbons (Fsp3) is 0.214. The molecule has 1 amide bonds. The monoisotopic (exact) mass is 308 g/mol. The Morgan fingerprint density at radius 1 is 1.43 bits per heavy atom. The number of benzene rings is 1. The number of hydrogen-bond donors (Lipinski definition) is 1. The van der Waals surface area contributed by atoms with Crippen LogP contribution in [0.4, 0.5) is 10.1 Å². The molecule has 0 aliphatic carbocycles. The van der Waals surface area contributed by atoms with Crippen molar-refractivity contribution in [3.05, 3.63) is 61.6 Å². The van der Waals surface area contributed by atoms with Gasteiger partial charge in [-0.2, -0.15) is 4.39 Å². The minimum absolute atomic E-state index is 0.0673. The standard InChI is InChI=1S/C14H13FN2O3S/c1-2-9-5-6-21-13(9)8-16-14(18)10-3-4-11(15)12(7-10)17(19)20/h3-7H,2,8H2,1H3,(H,16,18). The second kappa shape index (κ2) is 6.45. The Morgan fingerprint density at radius 2 is 2.19 bits per heavy atom. The first-order valence-corrected chi connectivity index (χ1v) is 7.18. The number of nitrogens with zero attached hydrogens (tertiary/aromatic N) is 1. The van der Waals surface area contributed by atoms with Crippen LogP contribution in [0.25, 0.3) is 0 Å². The number of amides is 1. The molecular weight excluding hydrogens is 295 g/mol. The van der Waals surface area contributed by atoms with E-state index in [2.05, 4.69) is 5.32 Å². The molecule has 0 aliphatic rings. The summed E-state index contributed by atoms with van der Waals surface area (Å²) in [4.78, 5) is 22.8. The predicted octanol–water partition coefficient (Wildman–Crippen LogP) is 3.29. The van der Waals surface area contributed by atoms with E-state index >= 15 is 0 Å². The lowest BCUT2D eigenvalue weighted by Crippen LogP contribution is -2.23. The zero-order valence-electron chi connectivity index (χ0n) is 11.3. The summed E-state index contributed by atoms with van der Waals surface area (Å²) in [5.74, 6) is -1.42. The van der Waals surface area contributed by atoms with E-state index in [0.717, 1.165) is 29.0 Å². The zero-order chi connectivity index (χ0) is 15.4. The van der Waals surface area contributed by atoms with Gasteiger partial charge in [0, 0.05) is 16.5 Å². The summed E-state index contributed by atoms with van der Waals surface area (Å²) in [6.45, 7) is 2.38. The second-order valence-electron chi connectivity index (χ2n) is 4.33. The first-order chi connectivity index (χ1) is 10.0. The van der Waals surface area contributed by atoms with E-state index in [4.69, 9.17) is 0 Å². The maximum Gasteiger partial charge on any atom is 0.305 e. The number of aryl methyl sites for hydroxylation is 1. The first-order valence-electron chi connectivity index (χ1n) is 6.30. The third-order valence-electron chi connectivity index (χ3n) is 3.03. The van der Waals surface area contributed by atoms with Crippen LogP contribution in [0.5, 0.6) is 0 Å². The first kappa shape index (κ1) is 15.1. The molecular formula is C14H13FN2O3S. The molecule has 1 heterocycles. The van der Waals surface area contributed by atoms with Crippen LogP contribution in [0, 0.1) is 15.9 Å². The summed E-state index contributed by atoms with van der Waals surface area (Å²) >= 11 is 1.54. The van der Waals surface area contributed by atoms with E-state index in [-0.39, 0.29) is 5.56 Å². The molecule has 0 aliphatic heterocycles. The van der Waals surface area contributed by atoms with Crippen LogP contribution < -0.4 is 5.32 Å². The Bertz CT molecular complexity index is 685. The van der Waals surface area contributed by atoms with Crippen molar-refractivity contribution in [2.75, 3.05) is 0 Å². The van der Waals surface area contributed by atoms with Gasteiger partial charge in [-0.05, 0) is 35.6 Å². The molecule has 0 fully saturated rings. The Labute approximate surface area is 124 Å². The molecule has 1 N–H and O–H groups in total. The number of nitro groups is 1. The number of thiophene rings is 1. The number of carbonyl (C=O) groups is 1. The van der Waals surface area contributed by atoms with Gasteiger partial charge in [0.2, 0.25) is 5.82 Å². The van der Waals surface area contributed by atoms with Gasteiger partial charge in [0.1, 0.15) is 0 Å². The van der Waals surface area contributed by atoms with Crippen molar-refractivity contribution in [3.8, 4) is 0 Å². The minimum atomic E-state index is -0.955. The van der Waals surface area contributed by atoms with Crippen molar-refractivity contribution in [1.82, 2.24) is 5.32 Å². The third kappa shape index (κ3) is 3.43. The van der Waals surface area contributed by atoms with Gasteiger partial charge in [0.25, 0.3) is 5.91 Å². The fourth-order valence-corrected chi connectivity index (χ4v) is 2.81. The summed E-state index contributed by atoms with van der Waals surface area (Å²) < 4.78 is 13.2. The van der Waals surface area contributed by atoms with Crippen LogP contribution in [0.1, 0.15) is 27.7 Å². The van der Waals surface area contributed by atoms with Gasteiger partial charge in [-0.3, -0.25) is 14.9 Å². The lowest BCUT2D eigenvalue weighted by Gasteiger charge is -2.06. The van der Waals surface area contributed by atoms with E-state index in [1.165, 1.54) is 17.4 Å². The van der Waals surface area contributed by atoms with E-state index in [0.29, 0.717) is 6.54 Å². The second-order valence-corrected chi connectivity index (χ2v) is 5.33. The number of carbonyl (C=O) groups excluding carboxylic acids is 1. The lowest BCUT2D eigenvalue weighted by atomic mass is 10.1. The molecule has 0 unspecified atom stereocenters. The van der Waals surface area contributed by atoms with Crippen molar-refractivity contribution in [2.24, 2.45) is 0 Å². The third-order valence-corrected chi connectivity index (χ3v) is 4.00. The highest BCUT2D eigenvalue weighted by molar-refractivity contribution is 7.10. The molecule has 5 nitrogen and oxygen atoms in total. The predicted molar refractivity (Wildman–Crippen MR) is 77.9 cm³/mol. The number of halogens is 1. The highest BCUT2D eigenvalue weighted by Crippen LogP contribution is 2.19. The van der Waals surface area contributed by atoms with Crippen molar-refractivity contribution >= 4 is 22.9 Å². The van der Waals surface area contributed by atoms with E-state index in [9.17, 15) is 19.3 Å². The van der Waals surface area contributed by atoms with Crippen LogP contribution in [0.2, 0.25) is 0 Å². The summed E-state index contributed by atoms with van der Waals surface area (Å²) in [6.07, 6.45) is 0.872. The highest BCUT2D eigenvalue weighted by Gasteiger charge is 2.17. The van der Waals surface area contributed by atoms with Crippen molar-refractivity contribution in [1.29, 1.82) is 0 Å². The van der Waals surface area contributed by atoms with E-state index < -0.39 is 22.3 Å². The number of hydrogen-bond acceptors (Lipinski definition) is 4. The molecule has 2 aromatic rings. The van der Waals surface area contributed by atoms with Gasteiger partial charge in [-0.25, -0.2) is 0 Å². The number of rotatable bonds is 5. The molecule has 7 heteroatoms. The summed E-state index contributed by atoms with van der Waals surface area (Å²) in [7, 11) is 0. The molecule has 1 aromatic heterocycles. The normalized spacial score (nSPS) is 10.4. The van der Waals surface area contributed by atoms with Gasteiger partial charge in [-0.15, -0.1) is 11.3 Å². The van der Waals surface area contributed by atoms with Gasteiger partial charge in [-0.1, -0.05) is 6.92 Å². The molecule has 0 atom stereocenters. The van der Waals surface area contributed by atoms with Gasteiger partial charge >= 0.3 is 5.69 Å². The van der Waals surface area contributed by atoms with E-state index in [1.807, 2.05) is 18.4 Å². The average Bonchev–Trinajstić information content (AvgIpc) is 2.92. The number of nitro benzene ring substituents is 1. The molecule has 1 aromatic carbocycles. The van der Waals surface area contributed by atoms with Gasteiger partial charge in [0.15, 0.2) is 0 Å². The maximum atomic E-state index is 13.2. The Kier molecular flexibility index (Phi) is 4.64. The van der Waals surface area contributed by atoms with Crippen LogP contribution >= 0.6 is 11.3 Å². The van der Waals surface area contributed by atoms with Crippen LogP contribution in [-0.2, 0) is 13.0 Å². The Balaban J connectivity index is 2.10. The topological polar surface area (TPSA) is 72.2 Å². The molecule has 0 spiro atoms. The summed E-state index contributed by atoms with van der Waals surface area (Å²) in [5, 5.41) is 15.3. The van der Waals surface area contributed by atoms with Crippen LogP contribution in [0.3, 0.4) is 0 Å². The zero-order valence-corrected chi connectivity index (χ0v) is 12.1. The highest BCUT2D eigenvalue weighted by atomic mass is 32.1. The fourth-order valence-electron chi connectivity index (χ4n) is 1.89. The SMILES string of the molecule is CCc1ccsc1CNC(=O)c1ccc(F)c([N+](=O)[O-])c1. The molecule has 0 bridgehead atoms. The van der Waals surface area contributed by atoms with Crippen LogP contribution in [0.15, 0.2) is 29.6 Å². The van der Waals surface area contributed by atoms with Crippen LogP contribution in [-0.4, -0.2) is 10.8 Å². The van der Waals surface area contributed by atoms with Crippen molar-refractivity contribution in [3.63, 3.8) is 0 Å². The molecule has 2 rings (SSSR count). The molecule has 0 radical (unpaired) electrons. The molecule has 110 valence electrons. The Hall–Kier alpha value is -2.28. The average molecular weight is 308 g/mol. The van der Waals surface area contributed by atoms with Gasteiger partial charge in [0.05, 0.1) is 11.5 Å². The van der Waals surface area contributed by atoms with Crippen molar-refractivity contribution in [2.45, 2.75) is 19.9 Å². The summed E-state index contributed by atoms with van der Waals surface area (Å²) in [5.41, 5.74) is 0.524. The lowest BCUT2D eigenvalue weighted by molar-refractivity contribution is -0.387. The minimum Gasteiger partial charge on any atom is -0.347 e. The smallest absolute Gasteiger partial charge is 0.305 e. The molecule has 0 saturated heterocycles. The number of nitrogens with one attached hydrogen (secondary N) is 1. The van der Waals surface area contributed by atoms with E-state index in [1.54, 1.807) is 0 Å². The largest absolute Gasteiger partial charge is 0.347 e. The molecule has 21 heavy (non-hydrogen) atoms. The quantitative estimate of drug-likeness (QED) is 0.680. The van der Waals surface area contributed by atoms with Crippen molar-refractivity contribution < 1.29 is 14.1 Å².